The van der Waals surface area contributed by atoms with Gasteiger partial charge in [-0.25, -0.2) is 25.9 Å². The molecule has 4 N–H and O–H groups in total. The van der Waals surface area contributed by atoms with Crippen molar-refractivity contribution >= 4 is 0 Å². The van der Waals surface area contributed by atoms with E-state index in [1.54, 1.807) is 0 Å². The van der Waals surface area contributed by atoms with Crippen LogP contribution in [-0.4, -0.2) is 91.7 Å². The van der Waals surface area contributed by atoms with Crippen molar-refractivity contribution in [2.75, 3.05) is 45.9 Å². The topological polar surface area (TPSA) is 87.5 Å². The molecular formula is C15H32N6O3. The normalized spacial score (nSPS) is 40.8. The summed E-state index contributed by atoms with van der Waals surface area (Å²) in [7, 11) is 0. The Balaban J connectivity index is 1.48. The molecule has 0 amide bonds. The van der Waals surface area contributed by atoms with E-state index in [1.165, 1.54) is 0 Å². The van der Waals surface area contributed by atoms with E-state index in [9.17, 15) is 0 Å². The zero-order valence-electron chi connectivity index (χ0n) is 15.0. The van der Waals surface area contributed by atoms with Gasteiger partial charge >= 0.3 is 0 Å². The number of nitrogens with two attached hydrogens (primary N) is 1. The molecule has 2 unspecified atom stereocenters. The van der Waals surface area contributed by atoms with E-state index in [0.717, 1.165) is 32.8 Å². The fourth-order valence-corrected chi connectivity index (χ4v) is 3.32. The molecule has 3 aliphatic rings. The highest BCUT2D eigenvalue weighted by Gasteiger charge is 2.31. The number of nitrogens with one attached hydrogen (secondary N) is 2. The van der Waals surface area contributed by atoms with Crippen molar-refractivity contribution < 1.29 is 14.2 Å². The van der Waals surface area contributed by atoms with Gasteiger partial charge in [0.25, 0.3) is 0 Å². The third-order valence-electron chi connectivity index (χ3n) is 4.64. The zero-order valence-corrected chi connectivity index (χ0v) is 15.0. The molecule has 3 heterocycles. The number of hydrogen-bond acceptors (Lipinski definition) is 9. The van der Waals surface area contributed by atoms with Crippen LogP contribution in [0.15, 0.2) is 0 Å². The largest absolute Gasteiger partial charge is 0.376 e. The summed E-state index contributed by atoms with van der Waals surface area (Å²) in [5, 5.41) is 6.19. The highest BCUT2D eigenvalue weighted by molar-refractivity contribution is 4.77. The second-order valence-electron chi connectivity index (χ2n) is 7.09. The lowest BCUT2D eigenvalue weighted by atomic mass is 10.3. The minimum Gasteiger partial charge on any atom is -0.376 e. The maximum absolute atomic E-state index is 6.03. The molecule has 3 saturated heterocycles. The third-order valence-corrected chi connectivity index (χ3v) is 4.64. The van der Waals surface area contributed by atoms with Crippen LogP contribution in [0, 0.1) is 0 Å². The van der Waals surface area contributed by atoms with Crippen LogP contribution in [0.1, 0.15) is 20.8 Å². The van der Waals surface area contributed by atoms with E-state index in [-0.39, 0.29) is 30.7 Å². The maximum atomic E-state index is 6.03. The Hall–Kier alpha value is -0.360. The van der Waals surface area contributed by atoms with Crippen molar-refractivity contribution in [3.63, 3.8) is 0 Å². The molecule has 3 fully saturated rings. The van der Waals surface area contributed by atoms with Crippen molar-refractivity contribution in [3.05, 3.63) is 0 Å². The van der Waals surface area contributed by atoms with Crippen LogP contribution in [0.2, 0.25) is 0 Å². The van der Waals surface area contributed by atoms with Crippen LogP contribution in [0.5, 0.6) is 0 Å². The molecule has 24 heavy (non-hydrogen) atoms. The molecule has 140 valence electrons. The van der Waals surface area contributed by atoms with Gasteiger partial charge in [-0.1, -0.05) is 0 Å². The number of hydrazine groups is 3. The monoisotopic (exact) mass is 344 g/mol. The Morgan fingerprint density at radius 2 is 1.62 bits per heavy atom. The molecule has 3 aliphatic heterocycles. The van der Waals surface area contributed by atoms with Gasteiger partial charge in [-0.2, -0.15) is 0 Å². The van der Waals surface area contributed by atoms with Crippen molar-refractivity contribution in [3.8, 4) is 0 Å². The number of morpholine rings is 3. The zero-order chi connectivity index (χ0) is 17.1. The molecule has 5 atom stereocenters. The summed E-state index contributed by atoms with van der Waals surface area (Å²) in [6, 6.07) is 0.254. The fourth-order valence-electron chi connectivity index (χ4n) is 3.32. The lowest BCUT2D eigenvalue weighted by Gasteiger charge is -2.43. The van der Waals surface area contributed by atoms with E-state index in [1.807, 2.05) is 5.01 Å². The number of hydrogen-bond donors (Lipinski definition) is 3. The van der Waals surface area contributed by atoms with Gasteiger partial charge in [0.15, 0.2) is 0 Å². The summed E-state index contributed by atoms with van der Waals surface area (Å²) in [6.45, 7) is 11.6. The lowest BCUT2D eigenvalue weighted by molar-refractivity contribution is -0.168. The fraction of sp³-hybridized carbons (Fsp3) is 1.00. The standard InChI is InChI=1S/C15H32N6O3/c1-11-10-23-14(9-21(11)16)17-20-7-13(3)24-15(8-20)18-19-4-5-22-12(2)6-19/h11-15,17-18H,4-10,16H2,1-3H3/t11-,12-,13+,14?,15?/m0/s1. The summed E-state index contributed by atoms with van der Waals surface area (Å²) in [4.78, 5) is 0. The van der Waals surface area contributed by atoms with Crippen molar-refractivity contribution in [1.82, 2.24) is 25.9 Å². The van der Waals surface area contributed by atoms with Crippen molar-refractivity contribution in [2.24, 2.45) is 5.84 Å². The molecule has 0 spiro atoms. The summed E-state index contributed by atoms with van der Waals surface area (Å²) in [5.74, 6) is 6.00. The van der Waals surface area contributed by atoms with Crippen molar-refractivity contribution in [1.29, 1.82) is 0 Å². The second-order valence-corrected chi connectivity index (χ2v) is 7.09. The molecule has 9 nitrogen and oxygen atoms in total. The third kappa shape index (κ3) is 5.07. The van der Waals surface area contributed by atoms with Crippen LogP contribution < -0.4 is 16.7 Å². The first-order valence-corrected chi connectivity index (χ1v) is 8.92. The van der Waals surface area contributed by atoms with Crippen LogP contribution in [-0.2, 0) is 14.2 Å². The molecule has 0 radical (unpaired) electrons. The molecule has 0 aromatic rings. The number of nitrogens with zero attached hydrogens (tertiary/aromatic N) is 3. The molecular weight excluding hydrogens is 312 g/mol. The average molecular weight is 344 g/mol. The van der Waals surface area contributed by atoms with E-state index < -0.39 is 0 Å². The first-order chi connectivity index (χ1) is 11.5. The molecule has 0 aromatic heterocycles. The minimum absolute atomic E-state index is 0.0527. The Labute approximate surface area is 144 Å². The summed E-state index contributed by atoms with van der Waals surface area (Å²) < 4.78 is 17.4. The van der Waals surface area contributed by atoms with Crippen LogP contribution >= 0.6 is 0 Å². The molecule has 0 aromatic carbocycles. The second kappa shape index (κ2) is 8.35. The molecule has 0 aliphatic carbocycles. The van der Waals surface area contributed by atoms with Gasteiger partial charge in [0, 0.05) is 25.7 Å². The Morgan fingerprint density at radius 1 is 0.875 bits per heavy atom. The summed E-state index contributed by atoms with van der Waals surface area (Å²) in [6.07, 6.45) is 0.247. The van der Waals surface area contributed by atoms with Gasteiger partial charge in [0.1, 0.15) is 12.5 Å². The van der Waals surface area contributed by atoms with E-state index in [2.05, 4.69) is 41.6 Å². The molecule has 0 saturated carbocycles. The van der Waals surface area contributed by atoms with Gasteiger partial charge in [0.05, 0.1) is 38.5 Å². The highest BCUT2D eigenvalue weighted by Crippen LogP contribution is 2.12. The van der Waals surface area contributed by atoms with E-state index >= 15 is 0 Å². The predicted octanol–water partition coefficient (Wildman–Crippen LogP) is -1.32. The Morgan fingerprint density at radius 3 is 2.38 bits per heavy atom. The summed E-state index contributed by atoms with van der Waals surface area (Å²) >= 11 is 0. The van der Waals surface area contributed by atoms with Gasteiger partial charge in [-0.05, 0) is 20.8 Å². The molecule has 0 bridgehead atoms. The molecule has 3 rings (SSSR count). The van der Waals surface area contributed by atoms with Gasteiger partial charge in [-0.15, -0.1) is 0 Å². The minimum atomic E-state index is -0.0828. The lowest BCUT2D eigenvalue weighted by Crippen LogP contribution is -2.65. The quantitative estimate of drug-likeness (QED) is 0.538. The average Bonchev–Trinajstić information content (AvgIpc) is 2.50. The first kappa shape index (κ1) is 18.4. The predicted molar refractivity (Wildman–Crippen MR) is 89.3 cm³/mol. The first-order valence-electron chi connectivity index (χ1n) is 8.92. The van der Waals surface area contributed by atoms with Crippen LogP contribution in [0.25, 0.3) is 0 Å². The SMILES string of the molecule is C[C@@H]1CN(NC2CN(N)[C@@H](C)CO2)CC(NN2CCO[C@@H](C)C2)O1. The van der Waals surface area contributed by atoms with Crippen molar-refractivity contribution in [2.45, 2.75) is 51.5 Å². The highest BCUT2D eigenvalue weighted by atomic mass is 16.5. The van der Waals surface area contributed by atoms with E-state index in [4.69, 9.17) is 20.1 Å². The number of ether oxygens (including phenoxy) is 3. The number of rotatable bonds is 4. The van der Waals surface area contributed by atoms with Crippen LogP contribution in [0.3, 0.4) is 0 Å². The van der Waals surface area contributed by atoms with Crippen LogP contribution in [0.4, 0.5) is 0 Å². The van der Waals surface area contributed by atoms with Gasteiger partial charge < -0.3 is 14.2 Å². The Bertz CT molecular complexity index is 403. The van der Waals surface area contributed by atoms with Gasteiger partial charge in [-0.3, -0.25) is 5.84 Å². The maximum Gasteiger partial charge on any atom is 0.135 e. The van der Waals surface area contributed by atoms with E-state index in [0.29, 0.717) is 13.2 Å². The Kier molecular flexibility index (Phi) is 6.41. The smallest absolute Gasteiger partial charge is 0.135 e. The van der Waals surface area contributed by atoms with Gasteiger partial charge in [0.2, 0.25) is 0 Å². The molecule has 9 heteroatoms. The summed E-state index contributed by atoms with van der Waals surface area (Å²) in [5.41, 5.74) is 6.92.